The summed E-state index contributed by atoms with van der Waals surface area (Å²) in [6.07, 6.45) is 48.8. The number of esters is 1. The van der Waals surface area contributed by atoms with Gasteiger partial charge in [0.2, 0.25) is 5.91 Å². The molecule has 0 bridgehead atoms. The van der Waals surface area contributed by atoms with Crippen molar-refractivity contribution < 1.29 is 24.5 Å². The van der Waals surface area contributed by atoms with Gasteiger partial charge in [0.1, 0.15) is 6.10 Å². The Hall–Kier alpha value is -2.44. The number of aliphatic hydroxyl groups excluding tert-OH is 2. The van der Waals surface area contributed by atoms with Gasteiger partial charge in [-0.25, -0.2) is 0 Å². The molecule has 3 N–H and O–H groups in total. The van der Waals surface area contributed by atoms with E-state index >= 15 is 0 Å². The molecule has 0 heterocycles. The van der Waals surface area contributed by atoms with Crippen molar-refractivity contribution >= 4 is 11.9 Å². The molecule has 0 saturated heterocycles. The number of allylic oxidation sites excluding steroid dienone is 9. The van der Waals surface area contributed by atoms with Gasteiger partial charge >= 0.3 is 5.97 Å². The molecule has 6 heteroatoms. The van der Waals surface area contributed by atoms with E-state index in [2.05, 4.69) is 32.2 Å². The minimum atomic E-state index is -0.815. The predicted molar refractivity (Wildman–Crippen MR) is 227 cm³/mol. The van der Waals surface area contributed by atoms with E-state index in [0.717, 1.165) is 44.9 Å². The van der Waals surface area contributed by atoms with Crippen molar-refractivity contribution in [2.24, 2.45) is 0 Å². The second-order valence-electron chi connectivity index (χ2n) is 14.9. The highest BCUT2D eigenvalue weighted by molar-refractivity contribution is 5.77. The zero-order chi connectivity index (χ0) is 38.9. The Balaban J connectivity index is 4.68. The minimum absolute atomic E-state index is 0.0182. The summed E-state index contributed by atoms with van der Waals surface area (Å²) in [4.78, 5) is 25.8. The molecule has 3 atom stereocenters. The van der Waals surface area contributed by atoms with E-state index in [4.69, 9.17) is 4.74 Å². The van der Waals surface area contributed by atoms with E-state index in [1.165, 1.54) is 109 Å². The van der Waals surface area contributed by atoms with Gasteiger partial charge in [-0.05, 0) is 19.3 Å². The maximum absolute atomic E-state index is 13.1. The third kappa shape index (κ3) is 36.3. The maximum Gasteiger partial charge on any atom is 0.306 e. The first kappa shape index (κ1) is 50.6. The second-order valence-corrected chi connectivity index (χ2v) is 14.9. The van der Waals surface area contributed by atoms with E-state index in [1.54, 1.807) is 0 Å². The molecule has 0 aliphatic carbocycles. The monoisotopic (exact) mass is 742 g/mol. The molecule has 0 aliphatic heterocycles. The lowest BCUT2D eigenvalue weighted by atomic mass is 10.0. The van der Waals surface area contributed by atoms with Crippen LogP contribution in [0, 0.1) is 0 Å². The number of ether oxygens (including phenoxy) is 1. The Labute approximate surface area is 327 Å². The Bertz CT molecular complexity index is 968. The lowest BCUT2D eigenvalue weighted by Gasteiger charge is -2.24. The molecular weight excluding hydrogens is 659 g/mol. The average molecular weight is 742 g/mol. The molecule has 0 spiro atoms. The van der Waals surface area contributed by atoms with Crippen LogP contribution in [0.1, 0.15) is 201 Å². The van der Waals surface area contributed by atoms with Gasteiger partial charge in [-0.3, -0.25) is 9.59 Å². The van der Waals surface area contributed by atoms with Crippen LogP contribution < -0.4 is 5.32 Å². The molecule has 306 valence electrons. The summed E-state index contributed by atoms with van der Waals surface area (Å²) in [5, 5.41) is 23.6. The van der Waals surface area contributed by atoms with Crippen LogP contribution in [0.15, 0.2) is 60.8 Å². The van der Waals surface area contributed by atoms with Crippen LogP contribution in [0.2, 0.25) is 0 Å². The standard InChI is InChI=1S/C47H83NO5/c1-4-7-10-13-16-19-21-22-23-25-28-30-33-36-39-45(50)44(42-49)48-46(51)41-43(38-35-32-29-27-24-20-17-14-11-8-5-2)53-47(52)40-37-34-31-26-18-15-12-9-6-3/h8,11,14,17,20,24,27,29,32,35,43-45,49-50H,4-7,9-10,12-13,15-16,18-19,21-23,25-26,28,30-31,33-34,36-42H2,1-3H3,(H,48,51)/b11-8+,17-14+,24-20-,29-27-,35-32+. The summed E-state index contributed by atoms with van der Waals surface area (Å²) < 4.78 is 5.79. The molecule has 6 nitrogen and oxygen atoms in total. The number of nitrogens with one attached hydrogen (secondary N) is 1. The number of amides is 1. The van der Waals surface area contributed by atoms with Crippen molar-refractivity contribution in [3.8, 4) is 0 Å². The first-order valence-electron chi connectivity index (χ1n) is 22.1. The number of hydrogen-bond donors (Lipinski definition) is 3. The van der Waals surface area contributed by atoms with Gasteiger partial charge in [0.05, 0.1) is 25.2 Å². The summed E-state index contributed by atoms with van der Waals surface area (Å²) >= 11 is 0. The largest absolute Gasteiger partial charge is 0.461 e. The molecule has 3 unspecified atom stereocenters. The molecule has 0 rings (SSSR count). The fourth-order valence-corrected chi connectivity index (χ4v) is 6.39. The third-order valence-electron chi connectivity index (χ3n) is 9.74. The molecule has 0 aliphatic rings. The molecule has 0 aromatic heterocycles. The maximum atomic E-state index is 13.1. The van der Waals surface area contributed by atoms with E-state index < -0.39 is 18.2 Å². The summed E-state index contributed by atoms with van der Waals surface area (Å²) in [7, 11) is 0. The number of carbonyl (C=O) groups excluding carboxylic acids is 2. The average Bonchev–Trinajstić information content (AvgIpc) is 3.15. The lowest BCUT2D eigenvalue weighted by Crippen LogP contribution is -2.46. The fraction of sp³-hybridized carbons (Fsp3) is 0.745. The van der Waals surface area contributed by atoms with Gasteiger partial charge in [0, 0.05) is 12.8 Å². The molecule has 53 heavy (non-hydrogen) atoms. The van der Waals surface area contributed by atoms with Crippen molar-refractivity contribution in [2.75, 3.05) is 6.61 Å². The quantitative estimate of drug-likeness (QED) is 0.0333. The van der Waals surface area contributed by atoms with Gasteiger partial charge in [-0.15, -0.1) is 0 Å². The summed E-state index contributed by atoms with van der Waals surface area (Å²) in [6, 6.07) is -0.737. The smallest absolute Gasteiger partial charge is 0.306 e. The van der Waals surface area contributed by atoms with E-state index in [1.807, 2.05) is 54.7 Å². The van der Waals surface area contributed by atoms with Crippen LogP contribution >= 0.6 is 0 Å². The summed E-state index contributed by atoms with van der Waals surface area (Å²) in [5.74, 6) is -0.612. The van der Waals surface area contributed by atoms with Crippen LogP contribution in [0.25, 0.3) is 0 Å². The first-order valence-corrected chi connectivity index (χ1v) is 22.1. The summed E-state index contributed by atoms with van der Waals surface area (Å²) in [6.45, 7) is 6.26. The van der Waals surface area contributed by atoms with Gasteiger partial charge in [-0.1, -0.05) is 223 Å². The highest BCUT2D eigenvalue weighted by atomic mass is 16.5. The van der Waals surface area contributed by atoms with Crippen LogP contribution in [-0.4, -0.2) is 46.9 Å². The third-order valence-corrected chi connectivity index (χ3v) is 9.74. The van der Waals surface area contributed by atoms with Crippen molar-refractivity contribution in [2.45, 2.75) is 219 Å². The van der Waals surface area contributed by atoms with Gasteiger partial charge < -0.3 is 20.3 Å². The molecule has 0 fully saturated rings. The number of carbonyl (C=O) groups is 2. The molecule has 0 radical (unpaired) electrons. The minimum Gasteiger partial charge on any atom is -0.461 e. The van der Waals surface area contributed by atoms with E-state index in [0.29, 0.717) is 19.3 Å². The molecule has 0 aromatic carbocycles. The Kier molecular flexibility index (Phi) is 38.9. The fourth-order valence-electron chi connectivity index (χ4n) is 6.39. The summed E-state index contributed by atoms with van der Waals surface area (Å²) in [5.41, 5.74) is 0. The number of hydrogen-bond acceptors (Lipinski definition) is 5. The van der Waals surface area contributed by atoms with Crippen LogP contribution in [0.4, 0.5) is 0 Å². The Morgan fingerprint density at radius 1 is 0.566 bits per heavy atom. The van der Waals surface area contributed by atoms with Crippen LogP contribution in [-0.2, 0) is 14.3 Å². The normalized spacial score (nSPS) is 14.0. The lowest BCUT2D eigenvalue weighted by molar-refractivity contribution is -0.150. The van der Waals surface area contributed by atoms with Crippen molar-refractivity contribution in [1.82, 2.24) is 5.32 Å². The highest BCUT2D eigenvalue weighted by Gasteiger charge is 2.23. The van der Waals surface area contributed by atoms with E-state index in [-0.39, 0.29) is 24.9 Å². The molecular formula is C47H83NO5. The number of unbranched alkanes of at least 4 members (excludes halogenated alkanes) is 21. The van der Waals surface area contributed by atoms with Crippen molar-refractivity contribution in [3.63, 3.8) is 0 Å². The molecule has 1 amide bonds. The van der Waals surface area contributed by atoms with Gasteiger partial charge in [0.15, 0.2) is 0 Å². The second kappa shape index (κ2) is 40.7. The molecule has 0 aromatic rings. The Morgan fingerprint density at radius 2 is 0.981 bits per heavy atom. The van der Waals surface area contributed by atoms with Crippen LogP contribution in [0.3, 0.4) is 0 Å². The van der Waals surface area contributed by atoms with Crippen LogP contribution in [0.5, 0.6) is 0 Å². The van der Waals surface area contributed by atoms with Crippen molar-refractivity contribution in [1.29, 1.82) is 0 Å². The van der Waals surface area contributed by atoms with Gasteiger partial charge in [0.25, 0.3) is 0 Å². The SMILES string of the molecule is CC/C=C/C=C/C=C\C=C/C=C/CC(CC(=O)NC(CO)C(O)CCCCCCCCCCCCCCCC)OC(=O)CCCCCCCCCCC. The van der Waals surface area contributed by atoms with Gasteiger partial charge in [-0.2, -0.15) is 0 Å². The first-order chi connectivity index (χ1) is 26.0. The Morgan fingerprint density at radius 3 is 1.43 bits per heavy atom. The highest BCUT2D eigenvalue weighted by Crippen LogP contribution is 2.16. The zero-order valence-corrected chi connectivity index (χ0v) is 34.6. The predicted octanol–water partition coefficient (Wildman–Crippen LogP) is 12.5. The topological polar surface area (TPSA) is 95.9 Å². The zero-order valence-electron chi connectivity index (χ0n) is 34.6. The van der Waals surface area contributed by atoms with Crippen molar-refractivity contribution in [3.05, 3.63) is 60.8 Å². The van der Waals surface area contributed by atoms with E-state index in [9.17, 15) is 19.8 Å². The number of aliphatic hydroxyl groups is 2. The number of rotatable bonds is 38. The molecule has 0 saturated carbocycles.